The fourth-order valence-corrected chi connectivity index (χ4v) is 4.00. The highest BCUT2D eigenvalue weighted by Crippen LogP contribution is 2.37. The molecule has 1 heterocycles. The summed E-state index contributed by atoms with van der Waals surface area (Å²) in [5.74, 6) is -3.12. The van der Waals surface area contributed by atoms with Gasteiger partial charge in [-0.2, -0.15) is 13.2 Å². The maximum absolute atomic E-state index is 14.5. The second kappa shape index (κ2) is 10.7. The topological polar surface area (TPSA) is 70.8 Å². The van der Waals surface area contributed by atoms with Crippen molar-refractivity contribution >= 4 is 11.9 Å². The van der Waals surface area contributed by atoms with Gasteiger partial charge in [0.2, 0.25) is 0 Å². The summed E-state index contributed by atoms with van der Waals surface area (Å²) in [6.45, 7) is -0.412. The normalized spacial score (nSPS) is 12.2. The van der Waals surface area contributed by atoms with E-state index in [0.29, 0.717) is 5.56 Å². The lowest BCUT2D eigenvalue weighted by Crippen LogP contribution is -2.46. The number of aliphatic carboxylic acids is 1. The van der Waals surface area contributed by atoms with Crippen molar-refractivity contribution in [1.82, 2.24) is 4.90 Å². The molecular formula is C28H21F4NO4. The molecule has 0 unspecified atom stereocenters. The number of amides is 1. The summed E-state index contributed by atoms with van der Waals surface area (Å²) in [5, 5.41) is 10.0. The second-order valence-corrected chi connectivity index (χ2v) is 8.27. The number of furan rings is 1. The van der Waals surface area contributed by atoms with E-state index < -0.39 is 42.0 Å². The summed E-state index contributed by atoms with van der Waals surface area (Å²) in [6.07, 6.45) is -4.71. The molecular weight excluding hydrogens is 490 g/mol. The molecule has 5 nitrogen and oxygen atoms in total. The van der Waals surface area contributed by atoms with Gasteiger partial charge < -0.3 is 14.4 Å². The molecule has 0 radical (unpaired) electrons. The van der Waals surface area contributed by atoms with Gasteiger partial charge in [-0.1, -0.05) is 60.7 Å². The van der Waals surface area contributed by atoms with Crippen LogP contribution in [0.1, 0.15) is 27.2 Å². The van der Waals surface area contributed by atoms with E-state index in [2.05, 4.69) is 0 Å². The monoisotopic (exact) mass is 511 g/mol. The maximum atomic E-state index is 14.5. The molecule has 190 valence electrons. The molecule has 0 saturated carbocycles. The number of nitrogens with zero attached hydrogens (tertiary/aromatic N) is 1. The first kappa shape index (κ1) is 25.7. The van der Waals surface area contributed by atoms with Crippen molar-refractivity contribution in [1.29, 1.82) is 0 Å². The summed E-state index contributed by atoms with van der Waals surface area (Å²) in [5.41, 5.74) is -0.813. The molecule has 4 rings (SSSR count). The molecule has 9 heteroatoms. The van der Waals surface area contributed by atoms with Crippen LogP contribution in [0.2, 0.25) is 0 Å². The average Bonchev–Trinajstić information content (AvgIpc) is 3.34. The van der Waals surface area contributed by atoms with Gasteiger partial charge in [0.05, 0.1) is 17.7 Å². The van der Waals surface area contributed by atoms with Gasteiger partial charge >= 0.3 is 12.1 Å². The van der Waals surface area contributed by atoms with E-state index in [0.717, 1.165) is 17.0 Å². The fourth-order valence-electron chi connectivity index (χ4n) is 4.00. The number of halogens is 4. The standard InChI is InChI=1S/C28H21F4NO4/c29-23-13-7-5-11-21(23)26(34)33(24(27(35)36)16-18-8-2-1-3-9-18)17-19-14-15-25(37-19)20-10-4-6-12-22(20)28(30,31)32/h1-15,24H,16-17H2,(H,35,36)/t24-/m1/s1. The van der Waals surface area contributed by atoms with Crippen LogP contribution in [0.4, 0.5) is 17.6 Å². The first-order valence-corrected chi connectivity index (χ1v) is 11.2. The molecule has 0 aliphatic rings. The predicted molar refractivity (Wildman–Crippen MR) is 127 cm³/mol. The van der Waals surface area contributed by atoms with Gasteiger partial charge in [0.1, 0.15) is 23.4 Å². The number of carbonyl (C=O) groups is 2. The van der Waals surface area contributed by atoms with E-state index in [-0.39, 0.29) is 29.1 Å². The Kier molecular flexibility index (Phi) is 7.42. The molecule has 0 saturated heterocycles. The maximum Gasteiger partial charge on any atom is 0.417 e. The minimum Gasteiger partial charge on any atom is -0.480 e. The highest BCUT2D eigenvalue weighted by Gasteiger charge is 2.35. The van der Waals surface area contributed by atoms with E-state index in [9.17, 15) is 32.3 Å². The largest absolute Gasteiger partial charge is 0.480 e. The molecule has 0 fully saturated rings. The van der Waals surface area contributed by atoms with Crippen LogP contribution >= 0.6 is 0 Å². The zero-order valence-corrected chi connectivity index (χ0v) is 19.3. The van der Waals surface area contributed by atoms with Crippen molar-refractivity contribution in [2.45, 2.75) is 25.2 Å². The Hall–Kier alpha value is -4.40. The van der Waals surface area contributed by atoms with Crippen molar-refractivity contribution in [3.05, 3.63) is 119 Å². The molecule has 0 bridgehead atoms. The molecule has 37 heavy (non-hydrogen) atoms. The van der Waals surface area contributed by atoms with Gasteiger partial charge in [-0.25, -0.2) is 9.18 Å². The number of benzene rings is 3. The van der Waals surface area contributed by atoms with Gasteiger partial charge in [0.25, 0.3) is 5.91 Å². The smallest absolute Gasteiger partial charge is 0.417 e. The van der Waals surface area contributed by atoms with Gasteiger partial charge in [0.15, 0.2) is 0 Å². The Labute approximate surface area is 209 Å². The van der Waals surface area contributed by atoms with Crippen LogP contribution in [0.25, 0.3) is 11.3 Å². The Bertz CT molecular complexity index is 1400. The SMILES string of the molecule is O=C(O)[C@@H](Cc1ccccc1)N(Cc1ccc(-c2ccccc2C(F)(F)F)o1)C(=O)c1ccccc1F. The molecule has 1 atom stereocenters. The van der Waals surface area contributed by atoms with Crippen molar-refractivity contribution in [2.24, 2.45) is 0 Å². The number of alkyl halides is 3. The number of hydrogen-bond donors (Lipinski definition) is 1. The first-order chi connectivity index (χ1) is 17.6. The molecule has 0 spiro atoms. The number of rotatable bonds is 8. The zero-order chi connectivity index (χ0) is 26.6. The minimum atomic E-state index is -4.62. The van der Waals surface area contributed by atoms with Crippen LogP contribution < -0.4 is 0 Å². The summed E-state index contributed by atoms with van der Waals surface area (Å²) in [6, 6.07) is 19.9. The molecule has 4 aromatic rings. The third kappa shape index (κ3) is 5.88. The molecule has 1 N–H and O–H groups in total. The first-order valence-electron chi connectivity index (χ1n) is 11.2. The van der Waals surface area contributed by atoms with E-state index in [4.69, 9.17) is 4.42 Å². The van der Waals surface area contributed by atoms with Crippen LogP contribution in [0.3, 0.4) is 0 Å². The lowest BCUT2D eigenvalue weighted by molar-refractivity contribution is -0.142. The lowest BCUT2D eigenvalue weighted by atomic mass is 10.0. The summed E-state index contributed by atoms with van der Waals surface area (Å²) >= 11 is 0. The average molecular weight is 511 g/mol. The number of carbonyl (C=O) groups excluding carboxylic acids is 1. The van der Waals surface area contributed by atoms with E-state index in [1.807, 2.05) is 0 Å². The van der Waals surface area contributed by atoms with Gasteiger partial charge in [-0.15, -0.1) is 0 Å². The van der Waals surface area contributed by atoms with Crippen LogP contribution in [0.15, 0.2) is 95.4 Å². The minimum absolute atomic E-state index is 0.0379. The van der Waals surface area contributed by atoms with Crippen molar-refractivity contribution in [2.75, 3.05) is 0 Å². The third-order valence-corrected chi connectivity index (χ3v) is 5.78. The van der Waals surface area contributed by atoms with Crippen LogP contribution in [-0.2, 0) is 23.9 Å². The molecule has 0 aliphatic heterocycles. The van der Waals surface area contributed by atoms with Crippen molar-refractivity contribution < 1.29 is 36.7 Å². The predicted octanol–water partition coefficient (Wildman–Crippen LogP) is 6.44. The Morgan fingerprint density at radius 1 is 0.865 bits per heavy atom. The summed E-state index contributed by atoms with van der Waals surface area (Å²) in [4.78, 5) is 26.6. The molecule has 0 aliphatic carbocycles. The highest BCUT2D eigenvalue weighted by atomic mass is 19.4. The van der Waals surface area contributed by atoms with Crippen LogP contribution in [0.5, 0.6) is 0 Å². The Balaban J connectivity index is 1.72. The molecule has 3 aromatic carbocycles. The van der Waals surface area contributed by atoms with Crippen LogP contribution in [-0.4, -0.2) is 27.9 Å². The molecule has 1 amide bonds. The van der Waals surface area contributed by atoms with E-state index in [1.54, 1.807) is 30.3 Å². The number of carboxylic acids is 1. The Morgan fingerprint density at radius 2 is 1.51 bits per heavy atom. The van der Waals surface area contributed by atoms with Gasteiger partial charge in [0, 0.05) is 12.0 Å². The third-order valence-electron chi connectivity index (χ3n) is 5.78. The second-order valence-electron chi connectivity index (χ2n) is 8.27. The van der Waals surface area contributed by atoms with Crippen molar-refractivity contribution in [3.63, 3.8) is 0 Å². The fraction of sp³-hybridized carbons (Fsp3) is 0.143. The number of hydrogen-bond acceptors (Lipinski definition) is 3. The highest BCUT2D eigenvalue weighted by molar-refractivity contribution is 5.97. The van der Waals surface area contributed by atoms with E-state index in [1.165, 1.54) is 48.5 Å². The number of carboxylic acid groups (broad SMARTS) is 1. The lowest BCUT2D eigenvalue weighted by Gasteiger charge is -2.28. The van der Waals surface area contributed by atoms with Crippen molar-refractivity contribution in [3.8, 4) is 11.3 Å². The summed E-state index contributed by atoms with van der Waals surface area (Å²) < 4.78 is 60.6. The van der Waals surface area contributed by atoms with Crippen LogP contribution in [0, 0.1) is 5.82 Å². The van der Waals surface area contributed by atoms with Gasteiger partial charge in [-0.05, 0) is 35.9 Å². The Morgan fingerprint density at radius 3 is 2.19 bits per heavy atom. The van der Waals surface area contributed by atoms with Gasteiger partial charge in [-0.3, -0.25) is 4.79 Å². The van der Waals surface area contributed by atoms with E-state index >= 15 is 0 Å². The zero-order valence-electron chi connectivity index (χ0n) is 19.3. The quantitative estimate of drug-likeness (QED) is 0.276. The summed E-state index contributed by atoms with van der Waals surface area (Å²) in [7, 11) is 0. The molecule has 1 aromatic heterocycles.